The van der Waals surface area contributed by atoms with E-state index in [2.05, 4.69) is 15.6 Å². The van der Waals surface area contributed by atoms with Gasteiger partial charge in [-0.25, -0.2) is 9.59 Å². The number of amides is 2. The van der Waals surface area contributed by atoms with Gasteiger partial charge in [-0.2, -0.15) is 0 Å². The van der Waals surface area contributed by atoms with Crippen molar-refractivity contribution in [1.29, 1.82) is 0 Å². The van der Waals surface area contributed by atoms with Gasteiger partial charge in [0.1, 0.15) is 18.4 Å². The van der Waals surface area contributed by atoms with Gasteiger partial charge in [-0.15, -0.1) is 0 Å². The van der Waals surface area contributed by atoms with Crippen molar-refractivity contribution >= 4 is 23.8 Å². The number of hydrogen-bond acceptors (Lipinski definition) is 8. The second kappa shape index (κ2) is 11.8. The van der Waals surface area contributed by atoms with Crippen LogP contribution < -0.4 is 21.9 Å². The number of esters is 1. The fraction of sp³-hybridized carbons (Fsp3) is 0.579. The molecule has 2 rings (SSSR count). The monoisotopic (exact) mass is 454 g/mol. The molecule has 2 unspecified atom stereocenters. The van der Waals surface area contributed by atoms with Gasteiger partial charge in [0.05, 0.1) is 13.0 Å². The minimum absolute atomic E-state index is 0.0449. The lowest BCUT2D eigenvalue weighted by atomic mass is 10.2. The molecular weight excluding hydrogens is 428 g/mol. The van der Waals surface area contributed by atoms with Crippen molar-refractivity contribution in [1.82, 2.24) is 20.2 Å². The summed E-state index contributed by atoms with van der Waals surface area (Å²) >= 11 is 0. The van der Waals surface area contributed by atoms with Gasteiger partial charge in [-0.05, 0) is 26.2 Å². The van der Waals surface area contributed by atoms with Crippen LogP contribution in [0.5, 0.6) is 0 Å². The number of carbonyl (C=O) groups excluding carboxylic acids is 3. The molecule has 1 aliphatic heterocycles. The lowest BCUT2D eigenvalue weighted by Gasteiger charge is -2.16. The van der Waals surface area contributed by atoms with E-state index in [1.54, 1.807) is 6.92 Å². The van der Waals surface area contributed by atoms with Gasteiger partial charge < -0.3 is 25.2 Å². The molecule has 1 fully saturated rings. The number of H-pyrrole nitrogens is 1. The summed E-state index contributed by atoms with van der Waals surface area (Å²) in [6.45, 7) is 1.77. The molecule has 4 N–H and O–H groups in total. The number of hydrogen-bond donors (Lipinski definition) is 4. The molecule has 176 valence electrons. The van der Waals surface area contributed by atoms with Gasteiger partial charge >= 0.3 is 17.6 Å². The molecule has 13 nitrogen and oxygen atoms in total. The normalized spacial score (nSPS) is 18.5. The van der Waals surface area contributed by atoms with Crippen LogP contribution in [0, 0.1) is 0 Å². The Hall–Kier alpha value is -3.48. The third kappa shape index (κ3) is 7.34. The van der Waals surface area contributed by atoms with Crippen LogP contribution in [0.3, 0.4) is 0 Å². The number of carboxylic acids is 1. The molecular formula is C19H26N4O9. The van der Waals surface area contributed by atoms with Crippen LogP contribution in [-0.4, -0.2) is 63.7 Å². The van der Waals surface area contributed by atoms with Crippen LogP contribution in [0.1, 0.15) is 45.3 Å². The van der Waals surface area contributed by atoms with Gasteiger partial charge in [0, 0.05) is 25.2 Å². The maximum Gasteiger partial charge on any atom is 0.330 e. The molecule has 2 heterocycles. The highest BCUT2D eigenvalue weighted by Gasteiger charge is 2.32. The zero-order valence-corrected chi connectivity index (χ0v) is 17.5. The molecule has 2 amide bonds. The van der Waals surface area contributed by atoms with Crippen LogP contribution >= 0.6 is 0 Å². The van der Waals surface area contributed by atoms with Gasteiger partial charge in [-0.1, -0.05) is 0 Å². The molecule has 1 aliphatic rings. The van der Waals surface area contributed by atoms with E-state index >= 15 is 0 Å². The Balaban J connectivity index is 1.74. The highest BCUT2D eigenvalue weighted by Crippen LogP contribution is 2.26. The minimum Gasteiger partial charge on any atom is -0.481 e. The fourth-order valence-electron chi connectivity index (χ4n) is 3.12. The number of carbonyl (C=O) groups is 4. The van der Waals surface area contributed by atoms with E-state index in [-0.39, 0.29) is 26.0 Å². The minimum atomic E-state index is -1.28. The average Bonchev–Trinajstić information content (AvgIpc) is 3.20. The highest BCUT2D eigenvalue weighted by atomic mass is 16.5. The predicted octanol–water partition coefficient (Wildman–Crippen LogP) is -1.37. The Labute approximate surface area is 182 Å². The number of carboxylic acid groups (broad SMARTS) is 1. The largest absolute Gasteiger partial charge is 0.481 e. The topological polar surface area (TPSA) is 186 Å². The maximum atomic E-state index is 12.3. The number of nitrogens with one attached hydrogen (secondary N) is 3. The zero-order chi connectivity index (χ0) is 23.7. The molecule has 0 bridgehead atoms. The van der Waals surface area contributed by atoms with Crippen molar-refractivity contribution in [2.24, 2.45) is 0 Å². The summed E-state index contributed by atoms with van der Waals surface area (Å²) < 4.78 is 11.5. The summed E-state index contributed by atoms with van der Waals surface area (Å²) in [5, 5.41) is 13.8. The van der Waals surface area contributed by atoms with Crippen LogP contribution in [0.4, 0.5) is 0 Å². The highest BCUT2D eigenvalue weighted by molar-refractivity contribution is 5.87. The number of aromatic nitrogens is 2. The molecule has 0 saturated carbocycles. The molecule has 32 heavy (non-hydrogen) atoms. The van der Waals surface area contributed by atoms with Crippen molar-refractivity contribution < 1.29 is 33.8 Å². The molecule has 0 aromatic carbocycles. The van der Waals surface area contributed by atoms with Crippen molar-refractivity contribution in [2.45, 2.75) is 57.4 Å². The number of aromatic amines is 1. The summed E-state index contributed by atoms with van der Waals surface area (Å²) in [5.41, 5.74) is -1.15. The van der Waals surface area contributed by atoms with Crippen LogP contribution in [-0.2, 0) is 28.7 Å². The van der Waals surface area contributed by atoms with Crippen LogP contribution in [0.15, 0.2) is 21.9 Å². The SMILES string of the molecule is CCOC(=O)C(CC(=O)O)NC(=O)CCCNC(=O)[C@@H]1CCC(n2ccc(=O)[nH]c2=O)O1. The molecule has 1 aromatic heterocycles. The first-order valence-electron chi connectivity index (χ1n) is 10.1. The third-order valence-corrected chi connectivity index (χ3v) is 4.62. The van der Waals surface area contributed by atoms with Crippen molar-refractivity contribution in [3.8, 4) is 0 Å². The van der Waals surface area contributed by atoms with Crippen molar-refractivity contribution in [2.75, 3.05) is 13.2 Å². The van der Waals surface area contributed by atoms with E-state index in [1.807, 2.05) is 0 Å². The van der Waals surface area contributed by atoms with Crippen LogP contribution in [0.25, 0.3) is 0 Å². The first kappa shape index (κ1) is 24.8. The van der Waals surface area contributed by atoms with Crippen molar-refractivity contribution in [3.63, 3.8) is 0 Å². The van der Waals surface area contributed by atoms with E-state index in [9.17, 15) is 28.8 Å². The maximum absolute atomic E-state index is 12.3. The quantitative estimate of drug-likeness (QED) is 0.231. The Kier molecular flexibility index (Phi) is 9.13. The molecule has 3 atom stereocenters. The second-order valence-electron chi connectivity index (χ2n) is 7.04. The fourth-order valence-corrected chi connectivity index (χ4v) is 3.12. The first-order valence-corrected chi connectivity index (χ1v) is 10.1. The van der Waals surface area contributed by atoms with Gasteiger partial charge in [0.2, 0.25) is 11.8 Å². The third-order valence-electron chi connectivity index (χ3n) is 4.62. The molecule has 0 radical (unpaired) electrons. The molecule has 0 spiro atoms. The Bertz CT molecular complexity index is 955. The van der Waals surface area contributed by atoms with E-state index in [4.69, 9.17) is 14.6 Å². The summed E-state index contributed by atoms with van der Waals surface area (Å²) in [6.07, 6.45) is 0.237. The lowest BCUT2D eigenvalue weighted by Crippen LogP contribution is -2.43. The molecule has 13 heteroatoms. The summed E-state index contributed by atoms with van der Waals surface area (Å²) in [7, 11) is 0. The first-order chi connectivity index (χ1) is 15.2. The van der Waals surface area contributed by atoms with E-state index in [1.165, 1.54) is 16.8 Å². The number of rotatable bonds is 11. The van der Waals surface area contributed by atoms with Gasteiger partial charge in [-0.3, -0.25) is 28.7 Å². The Morgan fingerprint density at radius 2 is 2.06 bits per heavy atom. The summed E-state index contributed by atoms with van der Waals surface area (Å²) in [4.78, 5) is 71.9. The second-order valence-corrected chi connectivity index (χ2v) is 7.04. The average molecular weight is 454 g/mol. The Morgan fingerprint density at radius 3 is 2.72 bits per heavy atom. The van der Waals surface area contributed by atoms with E-state index in [0.29, 0.717) is 12.8 Å². The van der Waals surface area contributed by atoms with Gasteiger partial charge in [0.25, 0.3) is 5.56 Å². The number of aliphatic carboxylic acids is 1. The lowest BCUT2D eigenvalue weighted by molar-refractivity contribution is -0.151. The van der Waals surface area contributed by atoms with E-state index in [0.717, 1.165) is 0 Å². The zero-order valence-electron chi connectivity index (χ0n) is 17.5. The predicted molar refractivity (Wildman–Crippen MR) is 108 cm³/mol. The summed E-state index contributed by atoms with van der Waals surface area (Å²) in [6, 6.07) is -0.0960. The van der Waals surface area contributed by atoms with Gasteiger partial charge in [0.15, 0.2) is 0 Å². The molecule has 0 aliphatic carbocycles. The smallest absolute Gasteiger partial charge is 0.330 e. The standard InChI is InChI=1S/C19H26N4O9/c1-2-31-18(29)11(10-16(26)27)21-13(24)4-3-8-20-17(28)12-5-6-15(32-12)23-9-7-14(25)22-19(23)30/h7,9,11-12,15H,2-6,8,10H2,1H3,(H,20,28)(H,21,24)(H,26,27)(H,22,25,30)/t11?,12-,15?/m0/s1. The Morgan fingerprint density at radius 1 is 1.31 bits per heavy atom. The van der Waals surface area contributed by atoms with Crippen molar-refractivity contribution in [3.05, 3.63) is 33.1 Å². The summed E-state index contributed by atoms with van der Waals surface area (Å²) in [5.74, 6) is -3.03. The number of nitrogens with zero attached hydrogens (tertiary/aromatic N) is 1. The molecule has 1 saturated heterocycles. The van der Waals surface area contributed by atoms with E-state index < -0.39 is 59.8 Å². The number of ether oxygens (including phenoxy) is 2. The molecule has 1 aromatic rings. The van der Waals surface area contributed by atoms with Crippen LogP contribution in [0.2, 0.25) is 0 Å².